The van der Waals surface area contributed by atoms with Crippen molar-refractivity contribution in [1.82, 2.24) is 5.32 Å². The van der Waals surface area contributed by atoms with Crippen molar-refractivity contribution >= 4 is 11.9 Å². The molecule has 110 valence electrons. The minimum Gasteiger partial charge on any atom is -0.480 e. The third-order valence-corrected chi connectivity index (χ3v) is 2.45. The molecule has 0 fully saturated rings. The minimum absolute atomic E-state index is 0.550. The molecule has 0 saturated heterocycles. The monoisotopic (exact) mass is 293 g/mol. The molecule has 20 heavy (non-hydrogen) atoms. The van der Waals surface area contributed by atoms with Gasteiger partial charge >= 0.3 is 5.97 Å². The van der Waals surface area contributed by atoms with Gasteiger partial charge in [-0.25, -0.2) is 22.4 Å². The second-order valence-corrected chi connectivity index (χ2v) is 3.96. The van der Waals surface area contributed by atoms with Crippen LogP contribution >= 0.6 is 0 Å². The third kappa shape index (κ3) is 4.52. The lowest BCUT2D eigenvalue weighted by molar-refractivity contribution is -0.142. The van der Waals surface area contributed by atoms with Gasteiger partial charge in [-0.2, -0.15) is 0 Å². The van der Waals surface area contributed by atoms with E-state index in [1.165, 1.54) is 0 Å². The molecule has 0 aliphatic carbocycles. The van der Waals surface area contributed by atoms with Crippen molar-refractivity contribution in [3.8, 4) is 0 Å². The van der Waals surface area contributed by atoms with Gasteiger partial charge in [-0.1, -0.05) is 6.07 Å². The number of nitrogens with one attached hydrogen (secondary N) is 1. The van der Waals surface area contributed by atoms with Gasteiger partial charge in [0.05, 0.1) is 6.42 Å². The number of carbonyl (C=O) groups is 2. The molecule has 2 N–H and O–H groups in total. The number of carboxylic acid groups (broad SMARTS) is 1. The zero-order chi connectivity index (χ0) is 15.3. The Morgan fingerprint density at radius 1 is 1.20 bits per heavy atom. The molecule has 0 aromatic heterocycles. The molecule has 1 aromatic rings. The van der Waals surface area contributed by atoms with E-state index < -0.39 is 54.4 Å². The summed E-state index contributed by atoms with van der Waals surface area (Å²) in [5, 5.41) is 10.4. The van der Waals surface area contributed by atoms with E-state index in [1.807, 2.05) is 0 Å². The molecule has 0 heterocycles. The van der Waals surface area contributed by atoms with Crippen LogP contribution in [0.5, 0.6) is 0 Å². The van der Waals surface area contributed by atoms with Gasteiger partial charge in [0.2, 0.25) is 12.3 Å². The Morgan fingerprint density at radius 3 is 2.20 bits per heavy atom. The summed E-state index contributed by atoms with van der Waals surface area (Å²) in [4.78, 5) is 22.1. The Bertz CT molecular complexity index is 487. The van der Waals surface area contributed by atoms with Crippen LogP contribution in [0.15, 0.2) is 18.2 Å². The van der Waals surface area contributed by atoms with Gasteiger partial charge in [-0.3, -0.25) is 4.79 Å². The predicted molar refractivity (Wildman–Crippen MR) is 60.2 cm³/mol. The Balaban J connectivity index is 2.73. The van der Waals surface area contributed by atoms with E-state index in [2.05, 4.69) is 0 Å². The Labute approximate surface area is 111 Å². The summed E-state index contributed by atoms with van der Waals surface area (Å²) >= 11 is 0. The van der Waals surface area contributed by atoms with Crippen LogP contribution < -0.4 is 5.32 Å². The lowest BCUT2D eigenvalue weighted by Gasteiger charge is -2.14. The van der Waals surface area contributed by atoms with Crippen LogP contribution in [-0.4, -0.2) is 29.5 Å². The molecule has 0 bridgehead atoms. The maximum Gasteiger partial charge on any atom is 0.326 e. The summed E-state index contributed by atoms with van der Waals surface area (Å²) in [6.07, 6.45) is -4.78. The SMILES string of the molecule is O=C(Cc1c(F)cccc1F)NC(CC(F)F)C(=O)O. The van der Waals surface area contributed by atoms with Gasteiger partial charge in [0.25, 0.3) is 0 Å². The molecule has 1 amide bonds. The molecule has 4 nitrogen and oxygen atoms in total. The molecule has 0 aliphatic heterocycles. The number of amides is 1. The predicted octanol–water partition coefficient (Wildman–Crippen LogP) is 1.73. The van der Waals surface area contributed by atoms with Gasteiger partial charge in [0.15, 0.2) is 0 Å². The lowest BCUT2D eigenvalue weighted by atomic mass is 10.1. The molecular weight excluding hydrogens is 282 g/mol. The summed E-state index contributed by atoms with van der Waals surface area (Å²) in [6.45, 7) is 0. The molecule has 1 aromatic carbocycles. The van der Waals surface area contributed by atoms with Crippen molar-refractivity contribution in [2.45, 2.75) is 25.3 Å². The Hall–Kier alpha value is -2.12. The molecule has 1 atom stereocenters. The fourth-order valence-electron chi connectivity index (χ4n) is 1.51. The van der Waals surface area contributed by atoms with Gasteiger partial charge in [0, 0.05) is 12.0 Å². The van der Waals surface area contributed by atoms with E-state index in [0.717, 1.165) is 18.2 Å². The smallest absolute Gasteiger partial charge is 0.326 e. The molecule has 1 unspecified atom stereocenters. The molecule has 0 radical (unpaired) electrons. The fourth-order valence-corrected chi connectivity index (χ4v) is 1.51. The summed E-state index contributed by atoms with van der Waals surface area (Å²) in [5.41, 5.74) is -0.550. The van der Waals surface area contributed by atoms with Crippen LogP contribution in [0, 0.1) is 11.6 Å². The Morgan fingerprint density at radius 2 is 1.75 bits per heavy atom. The number of carboxylic acids is 1. The first-order valence-corrected chi connectivity index (χ1v) is 5.54. The average Bonchev–Trinajstić information content (AvgIpc) is 2.32. The topological polar surface area (TPSA) is 66.4 Å². The van der Waals surface area contributed by atoms with Crippen LogP contribution in [0.4, 0.5) is 17.6 Å². The van der Waals surface area contributed by atoms with E-state index in [-0.39, 0.29) is 0 Å². The first-order chi connectivity index (χ1) is 9.31. The highest BCUT2D eigenvalue weighted by Gasteiger charge is 2.25. The van der Waals surface area contributed by atoms with Crippen molar-refractivity contribution < 1.29 is 32.3 Å². The highest BCUT2D eigenvalue weighted by Crippen LogP contribution is 2.13. The minimum atomic E-state index is -2.93. The number of alkyl halides is 2. The number of rotatable bonds is 6. The average molecular weight is 293 g/mol. The van der Waals surface area contributed by atoms with Crippen molar-refractivity contribution in [1.29, 1.82) is 0 Å². The number of benzene rings is 1. The number of hydrogen-bond acceptors (Lipinski definition) is 2. The highest BCUT2D eigenvalue weighted by atomic mass is 19.3. The molecule has 0 spiro atoms. The van der Waals surface area contributed by atoms with Gasteiger partial charge in [-0.05, 0) is 12.1 Å². The first kappa shape index (κ1) is 15.9. The fraction of sp³-hybridized carbons (Fsp3) is 0.333. The van der Waals surface area contributed by atoms with Crippen molar-refractivity contribution in [3.63, 3.8) is 0 Å². The van der Waals surface area contributed by atoms with Crippen LogP contribution in [0.3, 0.4) is 0 Å². The largest absolute Gasteiger partial charge is 0.480 e. The van der Waals surface area contributed by atoms with Crippen molar-refractivity contribution in [2.75, 3.05) is 0 Å². The zero-order valence-electron chi connectivity index (χ0n) is 10.1. The number of carbonyl (C=O) groups excluding carboxylic acids is 1. The summed E-state index contributed by atoms with van der Waals surface area (Å²) in [5.74, 6) is -4.64. The molecular formula is C12H11F4NO3. The maximum absolute atomic E-state index is 13.3. The second-order valence-electron chi connectivity index (χ2n) is 3.96. The van der Waals surface area contributed by atoms with E-state index in [9.17, 15) is 27.2 Å². The number of hydrogen-bond donors (Lipinski definition) is 2. The van der Waals surface area contributed by atoms with Crippen molar-refractivity contribution in [3.05, 3.63) is 35.4 Å². The zero-order valence-corrected chi connectivity index (χ0v) is 10.1. The summed E-state index contributed by atoms with van der Waals surface area (Å²) < 4.78 is 50.8. The van der Waals surface area contributed by atoms with Crippen LogP contribution in [0.1, 0.15) is 12.0 Å². The van der Waals surface area contributed by atoms with E-state index in [0.29, 0.717) is 0 Å². The van der Waals surface area contributed by atoms with Gasteiger partial charge in [0.1, 0.15) is 17.7 Å². The normalized spacial score (nSPS) is 12.2. The van der Waals surface area contributed by atoms with Crippen LogP contribution in [-0.2, 0) is 16.0 Å². The Kier molecular flexibility index (Phi) is 5.48. The standard InChI is InChI=1S/C12H11F4NO3/c13-7-2-1-3-8(14)6(7)4-11(18)17-9(12(19)20)5-10(15)16/h1-3,9-10H,4-5H2,(H,17,18)(H,19,20). The number of aliphatic carboxylic acids is 1. The van der Waals surface area contributed by atoms with Crippen molar-refractivity contribution in [2.24, 2.45) is 0 Å². The molecule has 8 heteroatoms. The molecule has 1 rings (SSSR count). The van der Waals surface area contributed by atoms with Gasteiger partial charge in [-0.15, -0.1) is 0 Å². The second kappa shape index (κ2) is 6.88. The summed E-state index contributed by atoms with van der Waals surface area (Å²) in [6, 6.07) is 1.15. The molecule has 0 aliphatic rings. The van der Waals surface area contributed by atoms with E-state index >= 15 is 0 Å². The van der Waals surface area contributed by atoms with Gasteiger partial charge < -0.3 is 10.4 Å². The van der Waals surface area contributed by atoms with E-state index in [1.54, 1.807) is 5.32 Å². The number of halogens is 4. The third-order valence-electron chi connectivity index (χ3n) is 2.45. The maximum atomic E-state index is 13.3. The quantitative estimate of drug-likeness (QED) is 0.785. The van der Waals surface area contributed by atoms with E-state index in [4.69, 9.17) is 5.11 Å². The summed E-state index contributed by atoms with van der Waals surface area (Å²) in [7, 11) is 0. The van der Waals surface area contributed by atoms with Crippen LogP contribution in [0.25, 0.3) is 0 Å². The van der Waals surface area contributed by atoms with Crippen LogP contribution in [0.2, 0.25) is 0 Å². The molecule has 0 saturated carbocycles. The first-order valence-electron chi connectivity index (χ1n) is 5.54. The lowest BCUT2D eigenvalue weighted by Crippen LogP contribution is -2.42. The highest BCUT2D eigenvalue weighted by molar-refractivity contribution is 5.84.